The molecule has 1 atom stereocenters. The number of hydrogen-bond donors (Lipinski definition) is 1. The summed E-state index contributed by atoms with van der Waals surface area (Å²) in [5, 5.41) is 3.29. The molecule has 3 aromatic carbocycles. The van der Waals surface area contributed by atoms with Gasteiger partial charge in [-0.1, -0.05) is 67.1 Å². The Labute approximate surface area is 230 Å². The lowest BCUT2D eigenvalue weighted by molar-refractivity contribution is -0.140. The summed E-state index contributed by atoms with van der Waals surface area (Å²) in [5.41, 5.74) is 1.91. The van der Waals surface area contributed by atoms with Gasteiger partial charge in [-0.2, -0.15) is 0 Å². The number of benzene rings is 3. The van der Waals surface area contributed by atoms with E-state index in [1.54, 1.807) is 31.2 Å². The summed E-state index contributed by atoms with van der Waals surface area (Å²) in [5.74, 6) is -0.768. The predicted molar refractivity (Wildman–Crippen MR) is 152 cm³/mol. The molecule has 0 bridgehead atoms. The first-order valence-electron chi connectivity index (χ1n) is 12.5. The van der Waals surface area contributed by atoms with Crippen molar-refractivity contribution in [2.24, 2.45) is 0 Å². The second kappa shape index (κ2) is 12.9. The van der Waals surface area contributed by atoms with E-state index in [-0.39, 0.29) is 23.4 Å². The zero-order valence-electron chi connectivity index (χ0n) is 22.1. The van der Waals surface area contributed by atoms with E-state index in [0.717, 1.165) is 9.87 Å². The summed E-state index contributed by atoms with van der Waals surface area (Å²) in [7, 11) is -4.14. The highest BCUT2D eigenvalue weighted by atomic mass is 35.5. The maximum absolute atomic E-state index is 14.0. The zero-order valence-corrected chi connectivity index (χ0v) is 23.7. The van der Waals surface area contributed by atoms with E-state index in [1.807, 2.05) is 51.1 Å². The number of nitrogens with one attached hydrogen (secondary N) is 1. The first-order chi connectivity index (χ1) is 18.0. The maximum atomic E-state index is 14.0. The van der Waals surface area contributed by atoms with Crippen LogP contribution in [0.5, 0.6) is 0 Å². The van der Waals surface area contributed by atoms with Crippen LogP contribution < -0.4 is 9.62 Å². The average Bonchev–Trinajstić information content (AvgIpc) is 2.88. The van der Waals surface area contributed by atoms with Crippen molar-refractivity contribution in [1.29, 1.82) is 0 Å². The molecule has 0 aliphatic heterocycles. The number of hydrogen-bond acceptors (Lipinski definition) is 4. The van der Waals surface area contributed by atoms with Crippen molar-refractivity contribution in [3.05, 3.63) is 95.0 Å². The van der Waals surface area contributed by atoms with E-state index in [9.17, 15) is 18.0 Å². The Hall–Kier alpha value is -3.36. The second-order valence-corrected chi connectivity index (χ2v) is 11.6. The maximum Gasteiger partial charge on any atom is 0.264 e. The molecule has 0 aromatic heterocycles. The molecule has 0 heterocycles. The Bertz CT molecular complexity index is 1350. The van der Waals surface area contributed by atoms with Crippen LogP contribution in [0.15, 0.2) is 83.8 Å². The highest BCUT2D eigenvalue weighted by Gasteiger charge is 2.34. The van der Waals surface area contributed by atoms with Gasteiger partial charge in [0.2, 0.25) is 11.8 Å². The zero-order chi connectivity index (χ0) is 27.9. The number of sulfonamides is 1. The van der Waals surface area contributed by atoms with E-state index in [0.29, 0.717) is 22.7 Å². The minimum Gasteiger partial charge on any atom is -0.352 e. The topological polar surface area (TPSA) is 86.8 Å². The summed E-state index contributed by atoms with van der Waals surface area (Å²) >= 11 is 6.00. The number of carbonyl (C=O) groups is 2. The van der Waals surface area contributed by atoms with E-state index in [4.69, 9.17) is 11.6 Å². The fourth-order valence-electron chi connectivity index (χ4n) is 4.17. The number of para-hydroxylation sites is 1. The van der Waals surface area contributed by atoms with Crippen LogP contribution in [0.25, 0.3) is 0 Å². The van der Waals surface area contributed by atoms with Crippen LogP contribution in [0.4, 0.5) is 5.69 Å². The second-order valence-electron chi connectivity index (χ2n) is 9.35. The van der Waals surface area contributed by atoms with Crippen molar-refractivity contribution >= 4 is 39.1 Å². The molecule has 3 rings (SSSR count). The summed E-state index contributed by atoms with van der Waals surface area (Å²) < 4.78 is 28.8. The fraction of sp³-hybridized carbons (Fsp3) is 0.310. The highest BCUT2D eigenvalue weighted by molar-refractivity contribution is 7.92. The van der Waals surface area contributed by atoms with Gasteiger partial charge in [-0.15, -0.1) is 0 Å². The number of nitrogens with zero attached hydrogens (tertiary/aromatic N) is 2. The molecule has 0 radical (unpaired) electrons. The van der Waals surface area contributed by atoms with Crippen molar-refractivity contribution in [3.8, 4) is 0 Å². The lowest BCUT2D eigenvalue weighted by Gasteiger charge is -2.34. The largest absolute Gasteiger partial charge is 0.352 e. The molecule has 9 heteroatoms. The average molecular weight is 556 g/mol. The van der Waals surface area contributed by atoms with E-state index in [2.05, 4.69) is 5.32 Å². The SMILES string of the molecule is CC[C@@H](C(=O)NC(C)C)N(Cc1ccccc1)C(=O)CN(c1ccccc1C)S(=O)(=O)c1ccc(Cl)cc1. The van der Waals surface area contributed by atoms with Gasteiger partial charge in [0.05, 0.1) is 10.6 Å². The van der Waals surface area contributed by atoms with E-state index >= 15 is 0 Å². The number of halogens is 1. The molecule has 202 valence electrons. The fourth-order valence-corrected chi connectivity index (χ4v) is 5.78. The van der Waals surface area contributed by atoms with Gasteiger partial charge in [0.25, 0.3) is 10.0 Å². The quantitative estimate of drug-likeness (QED) is 0.353. The van der Waals surface area contributed by atoms with Crippen LogP contribution in [0.3, 0.4) is 0 Å². The molecule has 38 heavy (non-hydrogen) atoms. The summed E-state index contributed by atoms with van der Waals surface area (Å²) in [6, 6.07) is 21.3. The molecule has 0 fully saturated rings. The van der Waals surface area contributed by atoms with Crippen LogP contribution in [0.1, 0.15) is 38.3 Å². The molecule has 0 saturated heterocycles. The molecule has 0 unspecified atom stereocenters. The Kier molecular flexibility index (Phi) is 9.94. The molecule has 1 N–H and O–H groups in total. The first-order valence-corrected chi connectivity index (χ1v) is 14.3. The van der Waals surface area contributed by atoms with Crippen LogP contribution in [0, 0.1) is 6.92 Å². The number of carbonyl (C=O) groups excluding carboxylic acids is 2. The number of rotatable bonds is 11. The highest BCUT2D eigenvalue weighted by Crippen LogP contribution is 2.28. The van der Waals surface area contributed by atoms with Gasteiger partial charge in [0, 0.05) is 17.6 Å². The Morgan fingerprint density at radius 1 is 0.921 bits per heavy atom. The molecule has 0 aliphatic carbocycles. The van der Waals surface area contributed by atoms with E-state index in [1.165, 1.54) is 29.2 Å². The monoisotopic (exact) mass is 555 g/mol. The third-order valence-corrected chi connectivity index (χ3v) is 8.10. The van der Waals surface area contributed by atoms with Crippen LogP contribution in [-0.4, -0.2) is 43.8 Å². The summed E-state index contributed by atoms with van der Waals surface area (Å²) in [4.78, 5) is 28.6. The molecule has 0 saturated carbocycles. The molecule has 3 aromatic rings. The Balaban J connectivity index is 2.06. The normalized spacial score (nSPS) is 12.2. The van der Waals surface area contributed by atoms with Gasteiger partial charge in [-0.25, -0.2) is 8.42 Å². The van der Waals surface area contributed by atoms with Crippen molar-refractivity contribution in [1.82, 2.24) is 10.2 Å². The van der Waals surface area contributed by atoms with Crippen LogP contribution in [0.2, 0.25) is 5.02 Å². The molecule has 7 nitrogen and oxygen atoms in total. The van der Waals surface area contributed by atoms with E-state index < -0.39 is 28.5 Å². The Morgan fingerprint density at radius 2 is 1.53 bits per heavy atom. The number of anilines is 1. The first kappa shape index (κ1) is 29.2. The molecule has 0 aliphatic rings. The lowest BCUT2D eigenvalue weighted by Crippen LogP contribution is -2.53. The Morgan fingerprint density at radius 3 is 2.11 bits per heavy atom. The van der Waals surface area contributed by atoms with Crippen LogP contribution in [-0.2, 0) is 26.2 Å². The van der Waals surface area contributed by atoms with Crippen molar-refractivity contribution < 1.29 is 18.0 Å². The molecule has 0 spiro atoms. The number of aryl methyl sites for hydroxylation is 1. The standard InChI is InChI=1S/C29H34ClN3O4S/c1-5-26(29(35)31-21(2)3)32(19-23-12-7-6-8-13-23)28(34)20-33(27-14-10-9-11-22(27)4)38(36,37)25-17-15-24(30)16-18-25/h6-18,21,26H,5,19-20H2,1-4H3,(H,31,35)/t26-/m0/s1. The van der Waals surface area contributed by atoms with Crippen molar-refractivity contribution in [3.63, 3.8) is 0 Å². The third-order valence-electron chi connectivity index (χ3n) is 6.08. The van der Waals surface area contributed by atoms with Gasteiger partial charge in [0.1, 0.15) is 12.6 Å². The summed E-state index contributed by atoms with van der Waals surface area (Å²) in [6.07, 6.45) is 0.366. The van der Waals surface area contributed by atoms with Gasteiger partial charge in [-0.3, -0.25) is 13.9 Å². The third kappa shape index (κ3) is 7.14. The van der Waals surface area contributed by atoms with Gasteiger partial charge in [-0.05, 0) is 68.7 Å². The van der Waals surface area contributed by atoms with Gasteiger partial charge < -0.3 is 10.2 Å². The molecular weight excluding hydrogens is 522 g/mol. The lowest BCUT2D eigenvalue weighted by atomic mass is 10.1. The van der Waals surface area contributed by atoms with Crippen molar-refractivity contribution in [2.45, 2.75) is 57.6 Å². The van der Waals surface area contributed by atoms with Gasteiger partial charge in [0.15, 0.2) is 0 Å². The minimum atomic E-state index is -4.14. The molecular formula is C29H34ClN3O4S. The van der Waals surface area contributed by atoms with Gasteiger partial charge >= 0.3 is 0 Å². The smallest absolute Gasteiger partial charge is 0.264 e. The van der Waals surface area contributed by atoms with Crippen molar-refractivity contribution in [2.75, 3.05) is 10.8 Å². The molecule has 2 amide bonds. The van der Waals surface area contributed by atoms with Crippen LogP contribution >= 0.6 is 11.6 Å². The number of amides is 2. The summed E-state index contributed by atoms with van der Waals surface area (Å²) in [6.45, 7) is 7.01. The predicted octanol–water partition coefficient (Wildman–Crippen LogP) is 5.18. The minimum absolute atomic E-state index is 0.0113.